The third-order valence-corrected chi connectivity index (χ3v) is 3.25. The summed E-state index contributed by atoms with van der Waals surface area (Å²) >= 11 is 0. The normalized spacial score (nSPS) is 45.1. The van der Waals surface area contributed by atoms with Crippen molar-refractivity contribution in [1.82, 2.24) is 0 Å². The number of fused-ring (bicyclic) bond motifs is 1. The molecule has 0 aromatic heterocycles. The van der Waals surface area contributed by atoms with E-state index in [1.165, 1.54) is 6.42 Å². The fraction of sp³-hybridized carbons (Fsp3) is 1.00. The van der Waals surface area contributed by atoms with E-state index < -0.39 is 0 Å². The fourth-order valence-corrected chi connectivity index (χ4v) is 2.63. The molecule has 1 saturated carbocycles. The van der Waals surface area contributed by atoms with Gasteiger partial charge in [-0.2, -0.15) is 0 Å². The van der Waals surface area contributed by atoms with Gasteiger partial charge in [0.15, 0.2) is 0 Å². The summed E-state index contributed by atoms with van der Waals surface area (Å²) in [5.41, 5.74) is 0.431. The van der Waals surface area contributed by atoms with Crippen LogP contribution in [0.5, 0.6) is 0 Å². The second-order valence-corrected chi connectivity index (χ2v) is 5.11. The Bertz CT molecular complexity index is 193. The second kappa shape index (κ2) is 2.49. The molecule has 12 heavy (non-hydrogen) atoms. The molecule has 2 aliphatic rings. The zero-order valence-corrected chi connectivity index (χ0v) is 8.22. The third kappa shape index (κ3) is 1.29. The number of rotatable bonds is 0. The smallest absolute Gasteiger partial charge is 0.408 e. The van der Waals surface area contributed by atoms with E-state index in [9.17, 15) is 0 Å². The second-order valence-electron chi connectivity index (χ2n) is 5.11. The van der Waals surface area contributed by atoms with Crippen LogP contribution in [-0.4, -0.2) is 19.4 Å². The van der Waals surface area contributed by atoms with Gasteiger partial charge in [-0.25, -0.2) is 0 Å². The summed E-state index contributed by atoms with van der Waals surface area (Å²) in [4.78, 5) is 0. The Morgan fingerprint density at radius 3 is 2.83 bits per heavy atom. The average Bonchev–Trinajstić information content (AvgIpc) is 2.26. The fourth-order valence-electron chi connectivity index (χ4n) is 2.63. The maximum Gasteiger partial charge on any atom is 0.438 e. The van der Waals surface area contributed by atoms with E-state index in [2.05, 4.69) is 20.8 Å². The van der Waals surface area contributed by atoms with Crippen molar-refractivity contribution in [2.75, 3.05) is 0 Å². The van der Waals surface area contributed by atoms with Crippen molar-refractivity contribution >= 4 is 7.69 Å². The summed E-state index contributed by atoms with van der Waals surface area (Å²) in [6, 6.07) is 0. The van der Waals surface area contributed by atoms with E-state index in [0.29, 0.717) is 19.2 Å². The molecule has 1 aliphatic carbocycles. The Labute approximate surface area is 74.9 Å². The van der Waals surface area contributed by atoms with Crippen molar-refractivity contribution in [3.8, 4) is 0 Å². The van der Waals surface area contributed by atoms with Crippen molar-refractivity contribution in [2.24, 2.45) is 5.41 Å². The third-order valence-electron chi connectivity index (χ3n) is 3.25. The van der Waals surface area contributed by atoms with Crippen LogP contribution in [0.2, 0.25) is 0 Å². The summed E-state index contributed by atoms with van der Waals surface area (Å²) in [6.07, 6.45) is 3.90. The first-order chi connectivity index (χ1) is 5.52. The highest BCUT2D eigenvalue weighted by molar-refractivity contribution is 6.19. The molecular formula is C9H17BO2. The summed E-state index contributed by atoms with van der Waals surface area (Å²) < 4.78 is 11.2. The minimum Gasteiger partial charge on any atom is -0.408 e. The Morgan fingerprint density at radius 1 is 1.33 bits per heavy atom. The number of hydrogen-bond acceptors (Lipinski definition) is 2. The predicted molar refractivity (Wildman–Crippen MR) is 49.1 cm³/mol. The molecule has 1 saturated heterocycles. The molecule has 2 nitrogen and oxygen atoms in total. The average molecular weight is 168 g/mol. The summed E-state index contributed by atoms with van der Waals surface area (Å²) in [6.45, 7) is 6.82. The van der Waals surface area contributed by atoms with Crippen molar-refractivity contribution in [1.29, 1.82) is 0 Å². The van der Waals surface area contributed by atoms with Crippen molar-refractivity contribution in [3.63, 3.8) is 0 Å². The van der Waals surface area contributed by atoms with Gasteiger partial charge in [0.1, 0.15) is 0 Å². The van der Waals surface area contributed by atoms with Crippen LogP contribution >= 0.6 is 0 Å². The van der Waals surface area contributed by atoms with Gasteiger partial charge in [0.2, 0.25) is 0 Å². The lowest BCUT2D eigenvalue weighted by Gasteiger charge is -2.43. The lowest BCUT2D eigenvalue weighted by atomic mass is 9.69. The lowest BCUT2D eigenvalue weighted by Crippen LogP contribution is -2.45. The van der Waals surface area contributed by atoms with Gasteiger partial charge < -0.3 is 9.31 Å². The summed E-state index contributed by atoms with van der Waals surface area (Å²) in [5, 5.41) is 0. The summed E-state index contributed by atoms with van der Waals surface area (Å²) in [7, 11) is 0.497. The molecule has 0 radical (unpaired) electrons. The first kappa shape index (κ1) is 8.58. The van der Waals surface area contributed by atoms with Crippen molar-refractivity contribution in [2.45, 2.75) is 51.7 Å². The highest BCUT2D eigenvalue weighted by Crippen LogP contribution is 2.45. The Hall–Kier alpha value is -0.0151. The quantitative estimate of drug-likeness (QED) is 0.512. The lowest BCUT2D eigenvalue weighted by molar-refractivity contribution is -0.0294. The van der Waals surface area contributed by atoms with Gasteiger partial charge in [-0.15, -0.1) is 0 Å². The van der Waals surface area contributed by atoms with E-state index in [4.69, 9.17) is 9.31 Å². The van der Waals surface area contributed by atoms with Gasteiger partial charge in [0.05, 0.1) is 11.7 Å². The van der Waals surface area contributed by atoms with Crippen molar-refractivity contribution in [3.05, 3.63) is 0 Å². The first-order valence-electron chi connectivity index (χ1n) is 4.77. The van der Waals surface area contributed by atoms with Crippen LogP contribution < -0.4 is 0 Å². The van der Waals surface area contributed by atoms with E-state index in [1.54, 1.807) is 0 Å². The Balaban J connectivity index is 2.15. The van der Waals surface area contributed by atoms with E-state index >= 15 is 0 Å². The standard InChI is InChI=1S/C9H17BO2/c1-8(2)5-4-7-9(3,6-8)12-10-11-7/h7,10H,4-6H2,1-3H3/t7-,9+/m0/s1. The molecular weight excluding hydrogens is 151 g/mol. The van der Waals surface area contributed by atoms with Crippen LogP contribution in [0, 0.1) is 5.41 Å². The minimum atomic E-state index is 0.00174. The van der Waals surface area contributed by atoms with Crippen LogP contribution in [-0.2, 0) is 9.31 Å². The van der Waals surface area contributed by atoms with Gasteiger partial charge >= 0.3 is 7.69 Å². The molecule has 0 N–H and O–H groups in total. The van der Waals surface area contributed by atoms with Gasteiger partial charge in [-0.1, -0.05) is 13.8 Å². The monoisotopic (exact) mass is 168 g/mol. The number of hydrogen-bond donors (Lipinski definition) is 0. The molecule has 0 bridgehead atoms. The van der Waals surface area contributed by atoms with Gasteiger partial charge in [0.25, 0.3) is 0 Å². The molecule has 0 spiro atoms. The van der Waals surface area contributed by atoms with Crippen LogP contribution in [0.4, 0.5) is 0 Å². The molecule has 3 heteroatoms. The van der Waals surface area contributed by atoms with Crippen LogP contribution in [0.15, 0.2) is 0 Å². The summed E-state index contributed by atoms with van der Waals surface area (Å²) in [5.74, 6) is 0. The molecule has 2 fully saturated rings. The molecule has 1 heterocycles. The van der Waals surface area contributed by atoms with E-state index in [-0.39, 0.29) is 5.60 Å². The largest absolute Gasteiger partial charge is 0.438 e. The molecule has 0 amide bonds. The van der Waals surface area contributed by atoms with Gasteiger partial charge in [-0.05, 0) is 31.6 Å². The van der Waals surface area contributed by atoms with Crippen LogP contribution in [0.25, 0.3) is 0 Å². The van der Waals surface area contributed by atoms with Crippen molar-refractivity contribution < 1.29 is 9.31 Å². The molecule has 0 aromatic carbocycles. The molecule has 2 atom stereocenters. The van der Waals surface area contributed by atoms with Crippen LogP contribution in [0.1, 0.15) is 40.0 Å². The highest BCUT2D eigenvalue weighted by Gasteiger charge is 2.48. The topological polar surface area (TPSA) is 18.5 Å². The van der Waals surface area contributed by atoms with Crippen LogP contribution in [0.3, 0.4) is 0 Å². The maximum atomic E-state index is 5.66. The van der Waals surface area contributed by atoms with Gasteiger partial charge in [0, 0.05) is 0 Å². The molecule has 2 rings (SSSR count). The zero-order valence-electron chi connectivity index (χ0n) is 8.22. The Morgan fingerprint density at radius 2 is 2.08 bits per heavy atom. The first-order valence-corrected chi connectivity index (χ1v) is 4.77. The molecule has 0 unspecified atom stereocenters. The minimum absolute atomic E-state index is 0.00174. The Kier molecular flexibility index (Phi) is 1.78. The molecule has 1 aliphatic heterocycles. The maximum absolute atomic E-state index is 5.66. The van der Waals surface area contributed by atoms with E-state index in [1.807, 2.05) is 0 Å². The van der Waals surface area contributed by atoms with E-state index in [0.717, 1.165) is 12.8 Å². The molecule has 68 valence electrons. The van der Waals surface area contributed by atoms with Gasteiger partial charge in [-0.3, -0.25) is 0 Å². The molecule has 0 aromatic rings. The predicted octanol–water partition coefficient (Wildman–Crippen LogP) is 1.64. The SMILES string of the molecule is CC1(C)CC[C@@H]2OBO[C@]2(C)C1. The highest BCUT2D eigenvalue weighted by atomic mass is 16.6. The zero-order chi connectivity index (χ0) is 8.82.